The van der Waals surface area contributed by atoms with E-state index in [1.165, 1.54) is 18.2 Å². The SMILES string of the molecule is C/C=C\C(C)(Nc1ccc(Oc2cccc(NC(=O)c3cccc(C(=O)C(C)(C)CC)c3)c2)cc1)C(C)(C)C(=O)c1cc(O)cc(C(=O)Nc2cccc(Oc3ccc(NC(C)C)cc3)c2)c1. The topological polar surface area (TPSA) is 155 Å². The second-order valence-electron chi connectivity index (χ2n) is 18.2. The number of allylic oxidation sites excluding steroid dienone is 1. The fourth-order valence-corrected chi connectivity index (χ4v) is 7.37. The Balaban J connectivity index is 1.11. The molecule has 0 saturated heterocycles. The number of hydrogen-bond donors (Lipinski definition) is 5. The predicted octanol–water partition coefficient (Wildman–Crippen LogP) is 13.6. The lowest BCUT2D eigenvalue weighted by Gasteiger charge is -2.42. The van der Waals surface area contributed by atoms with Gasteiger partial charge in [0.15, 0.2) is 11.6 Å². The summed E-state index contributed by atoms with van der Waals surface area (Å²) in [7, 11) is 0. The van der Waals surface area contributed by atoms with Crippen LogP contribution in [-0.2, 0) is 0 Å². The normalized spacial score (nSPS) is 12.5. The quantitative estimate of drug-likeness (QED) is 0.0395. The first kappa shape index (κ1) is 48.8. The van der Waals surface area contributed by atoms with Crippen molar-refractivity contribution in [3.63, 3.8) is 0 Å². The highest BCUT2D eigenvalue weighted by Gasteiger charge is 2.45. The molecule has 11 heteroatoms. The summed E-state index contributed by atoms with van der Waals surface area (Å²) in [6, 6.07) is 40.1. The number of benzene rings is 6. The lowest BCUT2D eigenvalue weighted by Crippen LogP contribution is -2.51. The fraction of sp³-hybridized carbons (Fsp3) is 0.250. The van der Waals surface area contributed by atoms with E-state index in [1.54, 1.807) is 84.9 Å². The van der Waals surface area contributed by atoms with E-state index in [1.807, 2.05) is 97.0 Å². The Morgan fingerprint density at radius 2 is 1.06 bits per heavy atom. The number of ketones is 2. The van der Waals surface area contributed by atoms with E-state index in [0.29, 0.717) is 63.6 Å². The van der Waals surface area contributed by atoms with Crippen LogP contribution >= 0.6 is 0 Å². The van der Waals surface area contributed by atoms with Crippen LogP contribution in [0.4, 0.5) is 22.7 Å². The summed E-state index contributed by atoms with van der Waals surface area (Å²) in [6.45, 7) is 17.3. The first-order valence-electron chi connectivity index (χ1n) is 22.4. The second-order valence-corrected chi connectivity index (χ2v) is 18.2. The van der Waals surface area contributed by atoms with Gasteiger partial charge in [0.1, 0.15) is 28.7 Å². The minimum Gasteiger partial charge on any atom is -0.508 e. The number of amides is 2. The van der Waals surface area contributed by atoms with Crippen molar-refractivity contribution in [2.24, 2.45) is 10.8 Å². The van der Waals surface area contributed by atoms with Gasteiger partial charge in [0, 0.05) is 68.6 Å². The van der Waals surface area contributed by atoms with Gasteiger partial charge in [-0.3, -0.25) is 19.2 Å². The third-order valence-corrected chi connectivity index (χ3v) is 11.9. The van der Waals surface area contributed by atoms with Crippen LogP contribution < -0.4 is 30.7 Å². The van der Waals surface area contributed by atoms with Crippen LogP contribution in [0.1, 0.15) is 110 Å². The number of rotatable bonds is 19. The van der Waals surface area contributed by atoms with Gasteiger partial charge in [-0.25, -0.2) is 0 Å². The monoisotopic (exact) mass is 900 g/mol. The van der Waals surface area contributed by atoms with Gasteiger partial charge in [0.25, 0.3) is 11.8 Å². The molecule has 0 aliphatic heterocycles. The minimum atomic E-state index is -1.11. The van der Waals surface area contributed by atoms with Crippen LogP contribution in [0, 0.1) is 10.8 Å². The van der Waals surface area contributed by atoms with Gasteiger partial charge in [-0.15, -0.1) is 0 Å². The van der Waals surface area contributed by atoms with Crippen LogP contribution in [-0.4, -0.2) is 40.1 Å². The summed E-state index contributed by atoms with van der Waals surface area (Å²) in [5.74, 6) is 0.790. The van der Waals surface area contributed by atoms with Gasteiger partial charge >= 0.3 is 0 Å². The molecule has 0 heterocycles. The third-order valence-electron chi connectivity index (χ3n) is 11.9. The molecule has 346 valence electrons. The minimum absolute atomic E-state index is 0.0150. The maximum absolute atomic E-state index is 14.5. The van der Waals surface area contributed by atoms with Crippen LogP contribution in [0.2, 0.25) is 0 Å². The number of carbonyl (C=O) groups is 4. The number of phenolic OH excluding ortho intramolecular Hbond substituents is 1. The van der Waals surface area contributed by atoms with Crippen LogP contribution in [0.15, 0.2) is 152 Å². The Hall–Kier alpha value is -7.66. The molecule has 0 spiro atoms. The third kappa shape index (κ3) is 12.2. The van der Waals surface area contributed by atoms with Crippen LogP contribution in [0.5, 0.6) is 28.7 Å². The number of ether oxygens (including phenoxy) is 2. The summed E-state index contributed by atoms with van der Waals surface area (Å²) >= 11 is 0. The standard InChI is InChI=1S/C56H60N4O7/c1-10-29-56(9,60-42-23-27-47(28-24-42)67-48-19-13-17-43(34-48)58-52(64)38-16-12-15-37(30-38)50(62)54(5,6)11-2)55(7,8)51(63)39-31-40(33-45(61)32-39)53(65)59-44-18-14-20-49(35-44)66-46-25-21-41(22-26-46)57-36(3)4/h10,12-36,57,60-61H,11H2,1-9H3,(H,58,64)(H,59,65)/b29-10-. The van der Waals surface area contributed by atoms with E-state index >= 15 is 0 Å². The van der Waals surface area contributed by atoms with E-state index in [0.717, 1.165) is 5.69 Å². The van der Waals surface area contributed by atoms with Crippen molar-refractivity contribution < 1.29 is 33.8 Å². The molecular weight excluding hydrogens is 841 g/mol. The van der Waals surface area contributed by atoms with Crippen molar-refractivity contribution in [2.45, 2.75) is 80.3 Å². The molecule has 0 radical (unpaired) electrons. The Morgan fingerprint density at radius 3 is 1.60 bits per heavy atom. The second kappa shape index (κ2) is 20.7. The van der Waals surface area contributed by atoms with E-state index < -0.39 is 22.3 Å². The fourth-order valence-electron chi connectivity index (χ4n) is 7.37. The van der Waals surface area contributed by atoms with Crippen molar-refractivity contribution in [3.05, 3.63) is 174 Å². The molecule has 6 aromatic rings. The van der Waals surface area contributed by atoms with Crippen molar-refractivity contribution in [3.8, 4) is 28.7 Å². The van der Waals surface area contributed by atoms with E-state index in [9.17, 15) is 24.3 Å². The number of aromatic hydroxyl groups is 1. The van der Waals surface area contributed by atoms with Gasteiger partial charge in [-0.2, -0.15) is 0 Å². The summed E-state index contributed by atoms with van der Waals surface area (Å²) < 4.78 is 12.2. The molecule has 0 bridgehead atoms. The first-order valence-corrected chi connectivity index (χ1v) is 22.4. The van der Waals surface area contributed by atoms with Crippen LogP contribution in [0.3, 0.4) is 0 Å². The molecule has 0 aromatic heterocycles. The number of carbonyl (C=O) groups excluding carboxylic acids is 4. The lowest BCUT2D eigenvalue weighted by molar-refractivity contribution is 0.0776. The first-order chi connectivity index (χ1) is 31.8. The van der Waals surface area contributed by atoms with Crippen molar-refractivity contribution >= 4 is 46.1 Å². The number of hydrogen-bond acceptors (Lipinski definition) is 9. The molecule has 6 aromatic carbocycles. The molecule has 6 rings (SSSR count). The molecule has 5 N–H and O–H groups in total. The highest BCUT2D eigenvalue weighted by atomic mass is 16.5. The lowest BCUT2D eigenvalue weighted by atomic mass is 9.68. The molecule has 1 unspecified atom stereocenters. The van der Waals surface area contributed by atoms with E-state index in [-0.39, 0.29) is 34.4 Å². The van der Waals surface area contributed by atoms with E-state index in [2.05, 4.69) is 35.1 Å². The summed E-state index contributed by atoms with van der Waals surface area (Å²) in [5, 5.41) is 23.5. The smallest absolute Gasteiger partial charge is 0.255 e. The molecule has 0 aliphatic rings. The Kier molecular flexibility index (Phi) is 15.0. The number of Topliss-reactive ketones (excluding diaryl/α,β-unsaturated/α-hetero) is 2. The van der Waals surface area contributed by atoms with Gasteiger partial charge in [0.05, 0.1) is 11.0 Å². The number of anilines is 4. The highest BCUT2D eigenvalue weighted by Crippen LogP contribution is 2.40. The summed E-state index contributed by atoms with van der Waals surface area (Å²) in [6.07, 6.45) is 4.46. The molecule has 2 amide bonds. The average Bonchev–Trinajstić information content (AvgIpc) is 3.29. The number of phenols is 1. The van der Waals surface area contributed by atoms with Gasteiger partial charge in [-0.05, 0) is 151 Å². The van der Waals surface area contributed by atoms with Crippen LogP contribution in [0.25, 0.3) is 0 Å². The Labute approximate surface area is 393 Å². The zero-order valence-electron chi connectivity index (χ0n) is 39.6. The maximum atomic E-state index is 14.5. The zero-order valence-corrected chi connectivity index (χ0v) is 39.6. The summed E-state index contributed by atoms with van der Waals surface area (Å²) in [5.41, 5.74) is 1.22. The molecule has 1 atom stereocenters. The number of nitrogens with one attached hydrogen (secondary N) is 4. The zero-order chi connectivity index (χ0) is 48.5. The molecule has 11 nitrogen and oxygen atoms in total. The summed E-state index contributed by atoms with van der Waals surface area (Å²) in [4.78, 5) is 54.4. The van der Waals surface area contributed by atoms with Crippen molar-refractivity contribution in [1.29, 1.82) is 0 Å². The maximum Gasteiger partial charge on any atom is 0.255 e. The van der Waals surface area contributed by atoms with Gasteiger partial charge in [-0.1, -0.05) is 57.2 Å². The average molecular weight is 901 g/mol. The van der Waals surface area contributed by atoms with Gasteiger partial charge in [0.2, 0.25) is 0 Å². The van der Waals surface area contributed by atoms with Gasteiger partial charge < -0.3 is 35.8 Å². The Morgan fingerprint density at radius 1 is 0.567 bits per heavy atom. The molecule has 0 aliphatic carbocycles. The Bertz CT molecular complexity index is 2780. The molecular formula is C56H60N4O7. The molecule has 0 fully saturated rings. The predicted molar refractivity (Wildman–Crippen MR) is 268 cm³/mol. The molecule has 67 heavy (non-hydrogen) atoms. The van der Waals surface area contributed by atoms with Crippen molar-refractivity contribution in [1.82, 2.24) is 0 Å². The molecule has 0 saturated carbocycles. The van der Waals surface area contributed by atoms with Crippen molar-refractivity contribution in [2.75, 3.05) is 21.3 Å². The largest absolute Gasteiger partial charge is 0.508 e. The van der Waals surface area contributed by atoms with E-state index in [4.69, 9.17) is 9.47 Å². The highest BCUT2D eigenvalue weighted by molar-refractivity contribution is 6.09.